The first-order chi connectivity index (χ1) is 15.4. The normalized spacial score (nSPS) is 10.8. The maximum atomic E-state index is 12.3. The largest absolute Gasteiger partial charge is 0.497 e. The number of hydrogen-bond acceptors (Lipinski definition) is 5. The summed E-state index contributed by atoms with van der Waals surface area (Å²) in [6.45, 7) is 6.60. The number of benzene rings is 2. The second-order valence-corrected chi connectivity index (χ2v) is 7.84. The first-order valence-electron chi connectivity index (χ1n) is 10.6. The summed E-state index contributed by atoms with van der Waals surface area (Å²) in [4.78, 5) is 24.4. The van der Waals surface area contributed by atoms with Crippen LogP contribution in [0.2, 0.25) is 0 Å². The molecular formula is C25H29N3O4. The molecule has 0 aliphatic heterocycles. The van der Waals surface area contributed by atoms with E-state index in [1.165, 1.54) is 10.7 Å². The lowest BCUT2D eigenvalue weighted by molar-refractivity contribution is -0.123. The van der Waals surface area contributed by atoms with Crippen LogP contribution in [0, 0.1) is 6.92 Å². The van der Waals surface area contributed by atoms with E-state index in [0.717, 1.165) is 28.2 Å². The molecule has 7 heteroatoms. The number of rotatable bonds is 9. The molecule has 0 unspecified atom stereocenters. The molecule has 0 bridgehead atoms. The molecule has 0 spiro atoms. The van der Waals surface area contributed by atoms with Gasteiger partial charge in [-0.05, 0) is 60.4 Å². The van der Waals surface area contributed by atoms with Crippen LogP contribution in [0.1, 0.15) is 30.9 Å². The van der Waals surface area contributed by atoms with Crippen molar-refractivity contribution in [1.29, 1.82) is 0 Å². The van der Waals surface area contributed by atoms with Crippen LogP contribution >= 0.6 is 0 Å². The van der Waals surface area contributed by atoms with Gasteiger partial charge in [0, 0.05) is 18.2 Å². The van der Waals surface area contributed by atoms with Crippen LogP contribution in [0.4, 0.5) is 0 Å². The fraction of sp³-hybridized carbons (Fsp3) is 0.320. The van der Waals surface area contributed by atoms with E-state index in [-0.39, 0.29) is 31.2 Å². The van der Waals surface area contributed by atoms with Gasteiger partial charge >= 0.3 is 0 Å². The maximum absolute atomic E-state index is 12.3. The quantitative estimate of drug-likeness (QED) is 0.556. The molecule has 0 radical (unpaired) electrons. The van der Waals surface area contributed by atoms with E-state index in [4.69, 9.17) is 9.47 Å². The summed E-state index contributed by atoms with van der Waals surface area (Å²) in [6, 6.07) is 16.6. The number of carbonyl (C=O) groups is 1. The highest BCUT2D eigenvalue weighted by atomic mass is 16.5. The Kier molecular flexibility index (Phi) is 7.65. The van der Waals surface area contributed by atoms with Crippen LogP contribution in [0.5, 0.6) is 11.5 Å². The average Bonchev–Trinajstić information content (AvgIpc) is 2.79. The highest BCUT2D eigenvalue weighted by molar-refractivity contribution is 5.77. The molecule has 1 N–H and O–H groups in total. The first kappa shape index (κ1) is 23.1. The number of carbonyl (C=O) groups excluding carboxylic acids is 1. The van der Waals surface area contributed by atoms with Gasteiger partial charge in [0.05, 0.1) is 19.3 Å². The number of nitrogens with zero attached hydrogens (tertiary/aromatic N) is 2. The van der Waals surface area contributed by atoms with Gasteiger partial charge in [0.15, 0.2) is 6.61 Å². The predicted octanol–water partition coefficient (Wildman–Crippen LogP) is 3.55. The summed E-state index contributed by atoms with van der Waals surface area (Å²) < 4.78 is 12.3. The molecule has 0 saturated heterocycles. The summed E-state index contributed by atoms with van der Waals surface area (Å²) in [6.07, 6.45) is 0. The minimum absolute atomic E-state index is 0.0859. The highest BCUT2D eigenvalue weighted by Gasteiger charge is 2.11. The van der Waals surface area contributed by atoms with E-state index in [1.54, 1.807) is 13.2 Å². The molecule has 2 aromatic carbocycles. The van der Waals surface area contributed by atoms with Crippen LogP contribution in [-0.4, -0.2) is 35.9 Å². The standard InChI is InChI=1S/C25H29N3O4/c1-17(2)21-10-5-18(3)15-23(21)32-16-24(29)26-13-14-28-25(30)12-11-22(27-28)19-6-8-20(31-4)9-7-19/h5-12,15,17H,13-14,16H2,1-4H3,(H,26,29). The van der Waals surface area contributed by atoms with Crippen LogP contribution in [0.15, 0.2) is 59.4 Å². The van der Waals surface area contributed by atoms with Crippen LogP contribution in [-0.2, 0) is 11.3 Å². The Morgan fingerprint density at radius 2 is 1.84 bits per heavy atom. The Balaban J connectivity index is 1.56. The van der Waals surface area contributed by atoms with Gasteiger partial charge in [-0.15, -0.1) is 0 Å². The van der Waals surface area contributed by atoms with Crippen molar-refractivity contribution in [2.24, 2.45) is 0 Å². The monoisotopic (exact) mass is 435 g/mol. The Morgan fingerprint density at radius 3 is 2.53 bits per heavy atom. The van der Waals surface area contributed by atoms with E-state index in [2.05, 4.69) is 24.3 Å². The number of amides is 1. The fourth-order valence-corrected chi connectivity index (χ4v) is 3.26. The molecule has 32 heavy (non-hydrogen) atoms. The molecule has 3 aromatic rings. The highest BCUT2D eigenvalue weighted by Crippen LogP contribution is 2.27. The number of hydrogen-bond donors (Lipinski definition) is 1. The lowest BCUT2D eigenvalue weighted by Crippen LogP contribution is -2.34. The third kappa shape index (κ3) is 5.97. The van der Waals surface area contributed by atoms with Gasteiger partial charge in [-0.25, -0.2) is 4.68 Å². The van der Waals surface area contributed by atoms with Crippen molar-refractivity contribution in [3.63, 3.8) is 0 Å². The van der Waals surface area contributed by atoms with Crippen molar-refractivity contribution in [2.75, 3.05) is 20.3 Å². The molecule has 1 amide bonds. The summed E-state index contributed by atoms with van der Waals surface area (Å²) in [5.74, 6) is 1.52. The minimum Gasteiger partial charge on any atom is -0.497 e. The zero-order chi connectivity index (χ0) is 23.1. The summed E-state index contributed by atoms with van der Waals surface area (Å²) in [5.41, 5.74) is 3.45. The second-order valence-electron chi connectivity index (χ2n) is 7.84. The van der Waals surface area contributed by atoms with Crippen molar-refractivity contribution in [1.82, 2.24) is 15.1 Å². The van der Waals surface area contributed by atoms with E-state index in [9.17, 15) is 9.59 Å². The molecule has 0 aliphatic carbocycles. The zero-order valence-corrected chi connectivity index (χ0v) is 18.9. The molecule has 0 atom stereocenters. The second kappa shape index (κ2) is 10.6. The maximum Gasteiger partial charge on any atom is 0.266 e. The third-order valence-electron chi connectivity index (χ3n) is 5.05. The van der Waals surface area contributed by atoms with Crippen LogP contribution in [0.25, 0.3) is 11.3 Å². The summed E-state index contributed by atoms with van der Waals surface area (Å²) >= 11 is 0. The molecule has 1 aromatic heterocycles. The molecular weight excluding hydrogens is 406 g/mol. The van der Waals surface area contributed by atoms with Crippen molar-refractivity contribution < 1.29 is 14.3 Å². The topological polar surface area (TPSA) is 82.5 Å². The van der Waals surface area contributed by atoms with Gasteiger partial charge in [0.1, 0.15) is 11.5 Å². The number of aromatic nitrogens is 2. The van der Waals surface area contributed by atoms with E-state index < -0.39 is 0 Å². The molecule has 1 heterocycles. The summed E-state index contributed by atoms with van der Waals surface area (Å²) in [5, 5.41) is 7.20. The first-order valence-corrected chi connectivity index (χ1v) is 10.6. The Bertz CT molecular complexity index is 1120. The molecule has 7 nitrogen and oxygen atoms in total. The fourth-order valence-electron chi connectivity index (χ4n) is 3.26. The van der Waals surface area contributed by atoms with E-state index in [0.29, 0.717) is 11.6 Å². The van der Waals surface area contributed by atoms with Crippen molar-refractivity contribution in [2.45, 2.75) is 33.2 Å². The lowest BCUT2D eigenvalue weighted by atomic mass is 10.0. The summed E-state index contributed by atoms with van der Waals surface area (Å²) in [7, 11) is 1.61. The van der Waals surface area contributed by atoms with Crippen LogP contribution < -0.4 is 20.3 Å². The molecule has 168 valence electrons. The van der Waals surface area contributed by atoms with Gasteiger partial charge in [0.2, 0.25) is 0 Å². The van der Waals surface area contributed by atoms with Gasteiger partial charge in [-0.2, -0.15) is 5.10 Å². The molecule has 0 fully saturated rings. The SMILES string of the molecule is COc1ccc(-c2ccc(=O)n(CCNC(=O)COc3cc(C)ccc3C(C)C)n2)cc1. The van der Waals surface area contributed by atoms with Gasteiger partial charge in [0.25, 0.3) is 11.5 Å². The van der Waals surface area contributed by atoms with Gasteiger partial charge in [-0.3, -0.25) is 9.59 Å². The molecule has 0 aliphatic rings. The number of methoxy groups -OCH3 is 1. The minimum atomic E-state index is -0.249. The number of ether oxygens (including phenoxy) is 2. The van der Waals surface area contributed by atoms with Crippen molar-refractivity contribution >= 4 is 5.91 Å². The lowest BCUT2D eigenvalue weighted by Gasteiger charge is -2.15. The zero-order valence-electron chi connectivity index (χ0n) is 18.9. The van der Waals surface area contributed by atoms with Gasteiger partial charge in [-0.1, -0.05) is 26.0 Å². The molecule has 0 saturated carbocycles. The Hall–Kier alpha value is -3.61. The van der Waals surface area contributed by atoms with Crippen LogP contribution in [0.3, 0.4) is 0 Å². The van der Waals surface area contributed by atoms with Crippen molar-refractivity contribution in [3.8, 4) is 22.8 Å². The van der Waals surface area contributed by atoms with E-state index >= 15 is 0 Å². The van der Waals surface area contributed by atoms with E-state index in [1.807, 2.05) is 49.4 Å². The molecule has 3 rings (SSSR count). The van der Waals surface area contributed by atoms with Crippen molar-refractivity contribution in [3.05, 3.63) is 76.1 Å². The third-order valence-corrected chi connectivity index (χ3v) is 5.05. The smallest absolute Gasteiger partial charge is 0.266 e. The Labute approximate surface area is 188 Å². The number of nitrogens with one attached hydrogen (secondary N) is 1. The average molecular weight is 436 g/mol. The predicted molar refractivity (Wildman–Crippen MR) is 124 cm³/mol. The van der Waals surface area contributed by atoms with Gasteiger partial charge < -0.3 is 14.8 Å². The number of aryl methyl sites for hydroxylation is 1. The Morgan fingerprint density at radius 1 is 1.09 bits per heavy atom.